The van der Waals surface area contributed by atoms with Gasteiger partial charge in [-0.05, 0) is 41.4 Å². The van der Waals surface area contributed by atoms with Crippen LogP contribution in [-0.4, -0.2) is 38.9 Å². The third-order valence-corrected chi connectivity index (χ3v) is 4.99. The largest absolute Gasteiger partial charge is 0.493 e. The van der Waals surface area contributed by atoms with Crippen molar-refractivity contribution >= 4 is 11.5 Å². The molecule has 1 aromatic heterocycles. The number of fused-ring (bicyclic) bond motifs is 1. The lowest BCUT2D eigenvalue weighted by Crippen LogP contribution is -2.15. The topological polar surface area (TPSA) is 59.0 Å². The minimum Gasteiger partial charge on any atom is -0.493 e. The minimum atomic E-state index is 0.554. The molecule has 1 aliphatic rings. The number of aromatic nitrogens is 1. The van der Waals surface area contributed by atoms with Crippen molar-refractivity contribution in [3.63, 3.8) is 0 Å². The van der Waals surface area contributed by atoms with Gasteiger partial charge in [-0.15, -0.1) is 0 Å². The molecule has 0 saturated heterocycles. The van der Waals surface area contributed by atoms with Gasteiger partial charge in [0.2, 0.25) is 5.75 Å². The highest BCUT2D eigenvalue weighted by atomic mass is 32.1. The monoisotopic (exact) mass is 385 g/mol. The Morgan fingerprint density at radius 3 is 2.22 bits per heavy atom. The predicted molar refractivity (Wildman–Crippen MR) is 104 cm³/mol. The first-order chi connectivity index (χ1) is 13.2. The van der Waals surface area contributed by atoms with Crippen LogP contribution in [0.2, 0.25) is 0 Å². The molecule has 1 aliphatic heterocycles. The first-order valence-corrected chi connectivity index (χ1v) is 9.23. The van der Waals surface area contributed by atoms with E-state index in [1.54, 1.807) is 21.3 Å². The normalized spacial score (nSPS) is 12.6. The quantitative estimate of drug-likeness (QED) is 0.654. The summed E-state index contributed by atoms with van der Waals surface area (Å²) in [6, 6.07) is 9.73. The number of nitrogens with zero attached hydrogens (tertiary/aromatic N) is 1. The fourth-order valence-corrected chi connectivity index (χ4v) is 3.79. The van der Waals surface area contributed by atoms with Gasteiger partial charge in [0.15, 0.2) is 23.0 Å². The highest BCUT2D eigenvalue weighted by Gasteiger charge is 2.19. The van der Waals surface area contributed by atoms with Crippen LogP contribution in [0.1, 0.15) is 0 Å². The van der Waals surface area contributed by atoms with Gasteiger partial charge in [-0.25, -0.2) is 0 Å². The molecule has 0 unspecified atom stereocenters. The maximum Gasteiger partial charge on any atom is 0.203 e. The van der Waals surface area contributed by atoms with Crippen LogP contribution in [0.5, 0.6) is 28.7 Å². The average molecular weight is 385 g/mol. The number of rotatable bonds is 5. The predicted octanol–water partition coefficient (Wildman–Crippen LogP) is 4.27. The fraction of sp³-hybridized carbons (Fsp3) is 0.250. The smallest absolute Gasteiger partial charge is 0.203 e. The molecule has 0 spiro atoms. The molecule has 0 radical (unpaired) electrons. The molecule has 0 saturated carbocycles. The summed E-state index contributed by atoms with van der Waals surface area (Å²) < 4.78 is 32.3. The zero-order valence-electron chi connectivity index (χ0n) is 15.3. The zero-order valence-corrected chi connectivity index (χ0v) is 16.1. The molecule has 3 aromatic rings. The Kier molecular flexibility index (Phi) is 4.77. The Hall–Kier alpha value is -2.93. The number of hydrogen-bond donors (Lipinski definition) is 0. The second-order valence-electron chi connectivity index (χ2n) is 5.85. The molecule has 0 N–H and O–H groups in total. The summed E-state index contributed by atoms with van der Waals surface area (Å²) in [5, 5.41) is 2.02. The standard InChI is InChI=1S/C20H19NO5S/c1-22-17-9-13(10-18(23-2)20(17)24-3)19-14(11-27-21-19)12-4-5-15-16(8-12)26-7-6-25-15/h4-5,8-11H,6-7H2,1-3H3. The number of hydrogen-bond acceptors (Lipinski definition) is 7. The van der Waals surface area contributed by atoms with Gasteiger partial charge in [-0.1, -0.05) is 6.07 Å². The Labute approximate surface area is 161 Å². The molecule has 0 aliphatic carbocycles. The molecule has 2 aromatic carbocycles. The SMILES string of the molecule is COc1cc(-c2nscc2-c2ccc3c(c2)OCCO3)cc(OC)c1OC. The minimum absolute atomic E-state index is 0.554. The molecule has 4 rings (SSSR count). The van der Waals surface area contributed by atoms with Crippen LogP contribution >= 0.6 is 11.5 Å². The van der Waals surface area contributed by atoms with Crippen LogP contribution in [0, 0.1) is 0 Å². The lowest BCUT2D eigenvalue weighted by atomic mass is 10.0. The second-order valence-corrected chi connectivity index (χ2v) is 6.48. The van der Waals surface area contributed by atoms with Gasteiger partial charge in [0.25, 0.3) is 0 Å². The van der Waals surface area contributed by atoms with Gasteiger partial charge >= 0.3 is 0 Å². The van der Waals surface area contributed by atoms with Gasteiger partial charge in [-0.3, -0.25) is 0 Å². The van der Waals surface area contributed by atoms with Crippen LogP contribution in [0.15, 0.2) is 35.7 Å². The summed E-state index contributed by atoms with van der Waals surface area (Å²) in [6.07, 6.45) is 0. The molecule has 0 amide bonds. The molecular weight excluding hydrogens is 366 g/mol. The van der Waals surface area contributed by atoms with E-state index < -0.39 is 0 Å². The highest BCUT2D eigenvalue weighted by Crippen LogP contribution is 2.44. The third kappa shape index (κ3) is 3.14. The molecule has 6 nitrogen and oxygen atoms in total. The maximum absolute atomic E-state index is 5.71. The van der Waals surface area contributed by atoms with Crippen molar-refractivity contribution in [3.8, 4) is 51.1 Å². The lowest BCUT2D eigenvalue weighted by molar-refractivity contribution is 0.171. The van der Waals surface area contributed by atoms with Crippen LogP contribution in [0.25, 0.3) is 22.4 Å². The van der Waals surface area contributed by atoms with Crippen molar-refractivity contribution in [1.29, 1.82) is 0 Å². The van der Waals surface area contributed by atoms with Crippen molar-refractivity contribution < 1.29 is 23.7 Å². The van der Waals surface area contributed by atoms with Crippen LogP contribution in [0.3, 0.4) is 0 Å². The summed E-state index contributed by atoms with van der Waals surface area (Å²) in [5.41, 5.74) is 3.74. The van der Waals surface area contributed by atoms with E-state index in [1.807, 2.05) is 35.7 Å². The number of methoxy groups -OCH3 is 3. The van der Waals surface area contributed by atoms with E-state index in [0.717, 1.165) is 33.9 Å². The van der Waals surface area contributed by atoms with E-state index in [4.69, 9.17) is 23.7 Å². The van der Waals surface area contributed by atoms with Crippen LogP contribution < -0.4 is 23.7 Å². The van der Waals surface area contributed by atoms with E-state index in [-0.39, 0.29) is 0 Å². The Balaban J connectivity index is 1.81. The summed E-state index contributed by atoms with van der Waals surface area (Å²) >= 11 is 1.40. The lowest BCUT2D eigenvalue weighted by Gasteiger charge is -2.19. The summed E-state index contributed by atoms with van der Waals surface area (Å²) in [7, 11) is 4.79. The Morgan fingerprint density at radius 2 is 1.56 bits per heavy atom. The van der Waals surface area contributed by atoms with Crippen molar-refractivity contribution in [3.05, 3.63) is 35.7 Å². The van der Waals surface area contributed by atoms with Gasteiger partial charge in [-0.2, -0.15) is 4.37 Å². The molecule has 0 fully saturated rings. The molecule has 0 bridgehead atoms. The molecular formula is C20H19NO5S. The average Bonchev–Trinajstić information content (AvgIpc) is 3.22. The van der Waals surface area contributed by atoms with Crippen molar-refractivity contribution in [1.82, 2.24) is 4.37 Å². The van der Waals surface area contributed by atoms with Crippen molar-refractivity contribution in [2.75, 3.05) is 34.5 Å². The van der Waals surface area contributed by atoms with E-state index in [9.17, 15) is 0 Å². The molecule has 27 heavy (non-hydrogen) atoms. The molecule has 0 atom stereocenters. The van der Waals surface area contributed by atoms with Crippen LogP contribution in [0.4, 0.5) is 0 Å². The highest BCUT2D eigenvalue weighted by molar-refractivity contribution is 7.04. The van der Waals surface area contributed by atoms with Gasteiger partial charge in [0.05, 0.1) is 27.0 Å². The summed E-state index contributed by atoms with van der Waals surface area (Å²) in [4.78, 5) is 0. The first-order valence-electron chi connectivity index (χ1n) is 8.40. The Bertz CT molecular complexity index is 944. The van der Waals surface area contributed by atoms with Crippen molar-refractivity contribution in [2.45, 2.75) is 0 Å². The maximum atomic E-state index is 5.71. The van der Waals surface area contributed by atoms with Crippen molar-refractivity contribution in [2.24, 2.45) is 0 Å². The molecule has 7 heteroatoms. The summed E-state index contributed by atoms with van der Waals surface area (Å²) in [6.45, 7) is 1.13. The van der Waals surface area contributed by atoms with E-state index in [2.05, 4.69) is 4.37 Å². The van der Waals surface area contributed by atoms with E-state index >= 15 is 0 Å². The van der Waals surface area contributed by atoms with E-state index in [1.165, 1.54) is 11.5 Å². The molecule has 140 valence electrons. The van der Waals surface area contributed by atoms with E-state index in [0.29, 0.717) is 30.5 Å². The number of ether oxygens (including phenoxy) is 5. The van der Waals surface area contributed by atoms with Gasteiger partial charge < -0.3 is 23.7 Å². The zero-order chi connectivity index (χ0) is 18.8. The second kappa shape index (κ2) is 7.36. The fourth-order valence-electron chi connectivity index (χ4n) is 3.08. The molecule has 2 heterocycles. The number of benzene rings is 2. The Morgan fingerprint density at radius 1 is 0.852 bits per heavy atom. The van der Waals surface area contributed by atoms with Gasteiger partial charge in [0, 0.05) is 16.5 Å². The van der Waals surface area contributed by atoms with Gasteiger partial charge in [0.1, 0.15) is 13.2 Å². The first kappa shape index (κ1) is 17.5. The summed E-state index contributed by atoms with van der Waals surface area (Å²) in [5.74, 6) is 3.25. The third-order valence-electron chi connectivity index (χ3n) is 4.36. The van der Waals surface area contributed by atoms with Crippen LogP contribution in [-0.2, 0) is 0 Å².